The fraction of sp³-hybridized carbons (Fsp3) is 0.440. The van der Waals surface area contributed by atoms with Gasteiger partial charge in [-0.1, -0.05) is 18.2 Å². The summed E-state index contributed by atoms with van der Waals surface area (Å²) in [4.78, 5) is 31.1. The summed E-state index contributed by atoms with van der Waals surface area (Å²) in [7, 11) is -1.56. The Hall–Kier alpha value is -3.07. The van der Waals surface area contributed by atoms with Crippen molar-refractivity contribution in [2.75, 3.05) is 52.9 Å². The van der Waals surface area contributed by atoms with Gasteiger partial charge >= 0.3 is 6.09 Å². The number of ether oxygens (including phenoxy) is 1. The molecule has 2 amide bonds. The van der Waals surface area contributed by atoms with Crippen molar-refractivity contribution in [3.05, 3.63) is 42.5 Å². The molecule has 2 aromatic rings. The summed E-state index contributed by atoms with van der Waals surface area (Å²) in [6.45, 7) is 3.35. The SMILES string of the molecule is COC(=O)N1c2ccc(-c3ccc(N4CCS(=O)(=O)CC4)cc3)cc2N(C(=O)C2CC2)CC1C. The number of anilines is 3. The van der Waals surface area contributed by atoms with E-state index in [-0.39, 0.29) is 29.4 Å². The number of nitrogens with zero attached hydrogens (tertiary/aromatic N) is 3. The molecule has 9 heteroatoms. The third-order valence-corrected chi connectivity index (χ3v) is 8.50. The zero-order valence-electron chi connectivity index (χ0n) is 19.4. The highest BCUT2D eigenvalue weighted by atomic mass is 32.2. The van der Waals surface area contributed by atoms with E-state index in [0.29, 0.717) is 25.3 Å². The number of methoxy groups -OCH3 is 1. The van der Waals surface area contributed by atoms with Gasteiger partial charge in [0.15, 0.2) is 9.84 Å². The molecule has 1 aliphatic carbocycles. The predicted molar refractivity (Wildman–Crippen MR) is 132 cm³/mol. The van der Waals surface area contributed by atoms with Gasteiger partial charge in [-0.05, 0) is 55.2 Å². The van der Waals surface area contributed by atoms with Crippen molar-refractivity contribution in [3.8, 4) is 11.1 Å². The summed E-state index contributed by atoms with van der Waals surface area (Å²) in [6.07, 6.45) is 1.39. The van der Waals surface area contributed by atoms with Crippen LogP contribution in [-0.4, -0.2) is 64.7 Å². The normalized spacial score (nSPS) is 21.7. The number of amides is 2. The van der Waals surface area contributed by atoms with Crippen LogP contribution in [0.5, 0.6) is 0 Å². The molecule has 3 aliphatic rings. The van der Waals surface area contributed by atoms with Gasteiger partial charge in [0.05, 0.1) is 36.0 Å². The Bertz CT molecular complexity index is 1210. The van der Waals surface area contributed by atoms with E-state index in [1.807, 2.05) is 54.3 Å². The van der Waals surface area contributed by atoms with Crippen molar-refractivity contribution in [1.82, 2.24) is 0 Å². The second-order valence-electron chi connectivity index (χ2n) is 9.30. The number of carbonyl (C=O) groups excluding carboxylic acids is 2. The van der Waals surface area contributed by atoms with Crippen LogP contribution < -0.4 is 14.7 Å². The molecule has 8 nitrogen and oxygen atoms in total. The first-order chi connectivity index (χ1) is 16.3. The number of hydrogen-bond donors (Lipinski definition) is 0. The maximum absolute atomic E-state index is 13.1. The Morgan fingerprint density at radius 2 is 1.59 bits per heavy atom. The smallest absolute Gasteiger partial charge is 0.414 e. The van der Waals surface area contributed by atoms with E-state index in [4.69, 9.17) is 4.74 Å². The molecule has 2 heterocycles. The van der Waals surface area contributed by atoms with Crippen LogP contribution in [-0.2, 0) is 19.4 Å². The molecule has 1 saturated heterocycles. The van der Waals surface area contributed by atoms with E-state index in [1.54, 1.807) is 4.90 Å². The second kappa shape index (κ2) is 8.61. The van der Waals surface area contributed by atoms with Crippen LogP contribution in [0, 0.1) is 5.92 Å². The number of rotatable bonds is 3. The minimum atomic E-state index is -2.93. The number of fused-ring (bicyclic) bond motifs is 1. The third-order valence-electron chi connectivity index (χ3n) is 6.89. The van der Waals surface area contributed by atoms with Crippen molar-refractivity contribution >= 4 is 38.9 Å². The van der Waals surface area contributed by atoms with Crippen LogP contribution in [0.1, 0.15) is 19.8 Å². The fourth-order valence-corrected chi connectivity index (χ4v) is 5.98. The summed E-state index contributed by atoms with van der Waals surface area (Å²) in [5, 5.41) is 0. The van der Waals surface area contributed by atoms with Crippen LogP contribution in [0.4, 0.5) is 21.9 Å². The van der Waals surface area contributed by atoms with Gasteiger partial charge in [-0.15, -0.1) is 0 Å². The fourth-order valence-electron chi connectivity index (χ4n) is 4.78. The summed E-state index contributed by atoms with van der Waals surface area (Å²) in [6, 6.07) is 13.6. The average molecular weight is 484 g/mol. The summed E-state index contributed by atoms with van der Waals surface area (Å²) in [5.74, 6) is 0.546. The van der Waals surface area contributed by atoms with Crippen LogP contribution >= 0.6 is 0 Å². The lowest BCUT2D eigenvalue weighted by molar-refractivity contribution is -0.119. The first kappa shape index (κ1) is 22.7. The molecule has 1 unspecified atom stereocenters. The highest BCUT2D eigenvalue weighted by molar-refractivity contribution is 7.91. The molecule has 5 rings (SSSR count). The highest BCUT2D eigenvalue weighted by Crippen LogP contribution is 2.42. The highest BCUT2D eigenvalue weighted by Gasteiger charge is 2.40. The van der Waals surface area contributed by atoms with E-state index >= 15 is 0 Å². The summed E-state index contributed by atoms with van der Waals surface area (Å²) >= 11 is 0. The molecule has 1 saturated carbocycles. The monoisotopic (exact) mass is 483 g/mol. The summed E-state index contributed by atoms with van der Waals surface area (Å²) < 4.78 is 28.5. The largest absolute Gasteiger partial charge is 0.452 e. The molecule has 180 valence electrons. The minimum absolute atomic E-state index is 0.0704. The molecule has 0 spiro atoms. The maximum atomic E-state index is 13.1. The first-order valence-electron chi connectivity index (χ1n) is 11.7. The number of hydrogen-bond acceptors (Lipinski definition) is 6. The van der Waals surface area contributed by atoms with Crippen molar-refractivity contribution in [2.45, 2.75) is 25.8 Å². The Balaban J connectivity index is 1.46. The van der Waals surface area contributed by atoms with Gasteiger partial charge in [-0.25, -0.2) is 13.2 Å². The molecule has 34 heavy (non-hydrogen) atoms. The number of carbonyl (C=O) groups is 2. The van der Waals surface area contributed by atoms with Gasteiger partial charge in [0.25, 0.3) is 0 Å². The molecule has 2 aromatic carbocycles. The van der Waals surface area contributed by atoms with Gasteiger partial charge in [-0.2, -0.15) is 0 Å². The number of sulfone groups is 1. The van der Waals surface area contributed by atoms with Crippen LogP contribution in [0.3, 0.4) is 0 Å². The molecule has 2 aliphatic heterocycles. The van der Waals surface area contributed by atoms with E-state index in [2.05, 4.69) is 4.90 Å². The zero-order valence-corrected chi connectivity index (χ0v) is 20.3. The van der Waals surface area contributed by atoms with Gasteiger partial charge in [0.1, 0.15) is 0 Å². The van der Waals surface area contributed by atoms with Crippen molar-refractivity contribution < 1.29 is 22.7 Å². The van der Waals surface area contributed by atoms with Gasteiger partial charge in [-0.3, -0.25) is 9.69 Å². The molecular formula is C25H29N3O5S. The summed E-state index contributed by atoms with van der Waals surface area (Å²) in [5.41, 5.74) is 4.32. The van der Waals surface area contributed by atoms with Crippen molar-refractivity contribution in [2.24, 2.45) is 5.92 Å². The van der Waals surface area contributed by atoms with E-state index in [9.17, 15) is 18.0 Å². The Kier molecular flexibility index (Phi) is 5.75. The van der Waals surface area contributed by atoms with E-state index < -0.39 is 15.9 Å². The topological polar surface area (TPSA) is 87.2 Å². The lowest BCUT2D eigenvalue weighted by Crippen LogP contribution is -2.52. The first-order valence-corrected chi connectivity index (χ1v) is 13.5. The lowest BCUT2D eigenvalue weighted by Gasteiger charge is -2.40. The molecule has 1 atom stereocenters. The molecule has 0 radical (unpaired) electrons. The van der Waals surface area contributed by atoms with Crippen molar-refractivity contribution in [1.29, 1.82) is 0 Å². The average Bonchev–Trinajstić information content (AvgIpc) is 3.68. The third kappa shape index (κ3) is 4.24. The van der Waals surface area contributed by atoms with Gasteiger partial charge in [0.2, 0.25) is 5.91 Å². The second-order valence-corrected chi connectivity index (χ2v) is 11.6. The van der Waals surface area contributed by atoms with Crippen LogP contribution in [0.2, 0.25) is 0 Å². The zero-order chi connectivity index (χ0) is 24.0. The van der Waals surface area contributed by atoms with Crippen LogP contribution in [0.25, 0.3) is 11.1 Å². The number of benzene rings is 2. The standard InChI is InChI=1S/C25H29N3O5S/c1-17-16-27(24(29)19-3-4-19)23-15-20(7-10-22(23)28(17)25(30)33-2)18-5-8-21(9-6-18)26-11-13-34(31,32)14-12-26/h5-10,15,17,19H,3-4,11-14,16H2,1-2H3. The van der Waals surface area contributed by atoms with Gasteiger partial charge < -0.3 is 14.5 Å². The molecule has 0 bridgehead atoms. The molecule has 2 fully saturated rings. The molecule has 0 aromatic heterocycles. The lowest BCUT2D eigenvalue weighted by atomic mass is 10.00. The Labute approximate surface area is 200 Å². The van der Waals surface area contributed by atoms with E-state index in [0.717, 1.165) is 35.3 Å². The maximum Gasteiger partial charge on any atom is 0.414 e. The Morgan fingerprint density at radius 3 is 2.21 bits per heavy atom. The molecule has 0 N–H and O–H groups in total. The Morgan fingerprint density at radius 1 is 0.941 bits per heavy atom. The van der Waals surface area contributed by atoms with Crippen molar-refractivity contribution in [3.63, 3.8) is 0 Å². The van der Waals surface area contributed by atoms with Gasteiger partial charge in [0, 0.05) is 31.2 Å². The van der Waals surface area contributed by atoms with E-state index in [1.165, 1.54) is 7.11 Å². The van der Waals surface area contributed by atoms with Crippen LogP contribution in [0.15, 0.2) is 42.5 Å². The quantitative estimate of drug-likeness (QED) is 0.666. The predicted octanol–water partition coefficient (Wildman–Crippen LogP) is 3.31. The minimum Gasteiger partial charge on any atom is -0.452 e. The molecular weight excluding hydrogens is 454 g/mol.